The topological polar surface area (TPSA) is 42.2 Å². The van der Waals surface area contributed by atoms with Crippen LogP contribution in [0.4, 0.5) is 0 Å². The Labute approximate surface area is 68.2 Å². The smallest absolute Gasteiger partial charge is 0.310 e. The van der Waals surface area contributed by atoms with E-state index in [2.05, 4.69) is 6.58 Å². The number of hydrogen-bond donors (Lipinski definition) is 1. The van der Waals surface area contributed by atoms with E-state index < -0.39 is 0 Å². The predicted octanol–water partition coefficient (Wildman–Crippen LogP) is 1.28. The van der Waals surface area contributed by atoms with Gasteiger partial charge in [-0.25, -0.2) is 0 Å². The molecule has 1 aromatic heterocycles. The zero-order valence-electron chi connectivity index (χ0n) is 6.20. The molecule has 1 N–H and O–H groups in total. The largest absolute Gasteiger partial charge is 0.493 e. The van der Waals surface area contributed by atoms with Gasteiger partial charge in [0.25, 0.3) is 0 Å². The van der Waals surface area contributed by atoms with Gasteiger partial charge in [0.1, 0.15) is 0 Å². The molecule has 0 aliphatic heterocycles. The molecular weight excluding hydrogens is 162 g/mol. The van der Waals surface area contributed by atoms with Crippen molar-refractivity contribution in [1.82, 2.24) is 4.57 Å². The predicted molar refractivity (Wildman–Crippen MR) is 46.0 cm³/mol. The van der Waals surface area contributed by atoms with E-state index in [-0.39, 0.29) is 10.8 Å². The van der Waals surface area contributed by atoms with E-state index in [1.54, 1.807) is 6.92 Å². The SMILES string of the molecule is C=Cc1sc(=O)n(CC)c1O. The first-order valence-corrected chi connectivity index (χ1v) is 4.07. The second-order valence-corrected chi connectivity index (χ2v) is 3.00. The van der Waals surface area contributed by atoms with E-state index in [0.29, 0.717) is 11.4 Å². The van der Waals surface area contributed by atoms with E-state index in [1.165, 1.54) is 10.6 Å². The first-order chi connectivity index (χ1) is 5.20. The molecule has 1 rings (SSSR count). The summed E-state index contributed by atoms with van der Waals surface area (Å²) in [5.41, 5.74) is 0. The average Bonchev–Trinajstić information content (AvgIpc) is 2.26. The molecule has 0 unspecified atom stereocenters. The Morgan fingerprint density at radius 1 is 1.82 bits per heavy atom. The molecule has 0 amide bonds. The lowest BCUT2D eigenvalue weighted by molar-refractivity contribution is 0.417. The van der Waals surface area contributed by atoms with Crippen molar-refractivity contribution in [3.63, 3.8) is 0 Å². The van der Waals surface area contributed by atoms with Gasteiger partial charge in [-0.15, -0.1) is 0 Å². The van der Waals surface area contributed by atoms with Crippen LogP contribution in [-0.4, -0.2) is 9.67 Å². The van der Waals surface area contributed by atoms with E-state index in [9.17, 15) is 9.90 Å². The molecule has 60 valence electrons. The van der Waals surface area contributed by atoms with Crippen LogP contribution < -0.4 is 4.87 Å². The quantitative estimate of drug-likeness (QED) is 0.728. The first-order valence-electron chi connectivity index (χ1n) is 3.25. The fourth-order valence-corrected chi connectivity index (χ4v) is 1.62. The van der Waals surface area contributed by atoms with Crippen molar-refractivity contribution in [2.45, 2.75) is 13.5 Å². The summed E-state index contributed by atoms with van der Waals surface area (Å²) in [6.07, 6.45) is 1.48. The second kappa shape index (κ2) is 2.92. The van der Waals surface area contributed by atoms with Gasteiger partial charge in [0, 0.05) is 6.54 Å². The third-order valence-corrected chi connectivity index (χ3v) is 2.36. The summed E-state index contributed by atoms with van der Waals surface area (Å²) in [4.78, 5) is 11.4. The van der Waals surface area contributed by atoms with Crippen LogP contribution in [0.15, 0.2) is 11.4 Å². The molecule has 0 aromatic carbocycles. The average molecular weight is 171 g/mol. The molecule has 3 nitrogen and oxygen atoms in total. The van der Waals surface area contributed by atoms with Crippen LogP contribution in [0.3, 0.4) is 0 Å². The van der Waals surface area contributed by atoms with Crippen LogP contribution in [0.5, 0.6) is 5.88 Å². The minimum Gasteiger partial charge on any atom is -0.493 e. The van der Waals surface area contributed by atoms with Gasteiger partial charge in [-0.3, -0.25) is 9.36 Å². The highest BCUT2D eigenvalue weighted by atomic mass is 32.1. The van der Waals surface area contributed by atoms with E-state index in [1.807, 2.05) is 0 Å². The van der Waals surface area contributed by atoms with E-state index in [4.69, 9.17) is 0 Å². The van der Waals surface area contributed by atoms with Crippen LogP contribution in [0.2, 0.25) is 0 Å². The summed E-state index contributed by atoms with van der Waals surface area (Å²) < 4.78 is 1.31. The van der Waals surface area contributed by atoms with Crippen molar-refractivity contribution in [2.75, 3.05) is 0 Å². The number of hydrogen-bond acceptors (Lipinski definition) is 3. The third-order valence-electron chi connectivity index (χ3n) is 1.40. The van der Waals surface area contributed by atoms with Gasteiger partial charge in [0.15, 0.2) is 0 Å². The van der Waals surface area contributed by atoms with Crippen molar-refractivity contribution < 1.29 is 5.11 Å². The highest BCUT2D eigenvalue weighted by Crippen LogP contribution is 2.19. The molecule has 0 aliphatic rings. The van der Waals surface area contributed by atoms with Gasteiger partial charge in [-0.05, 0) is 13.0 Å². The van der Waals surface area contributed by atoms with Gasteiger partial charge < -0.3 is 5.11 Å². The minimum atomic E-state index is -0.139. The van der Waals surface area contributed by atoms with Crippen LogP contribution in [0, 0.1) is 0 Å². The molecule has 1 aromatic rings. The number of rotatable bonds is 2. The Hall–Kier alpha value is -1.03. The van der Waals surface area contributed by atoms with Crippen molar-refractivity contribution in [1.29, 1.82) is 0 Å². The molecule has 0 spiro atoms. The lowest BCUT2D eigenvalue weighted by Crippen LogP contribution is -2.09. The van der Waals surface area contributed by atoms with Crippen molar-refractivity contribution in [3.8, 4) is 5.88 Å². The zero-order chi connectivity index (χ0) is 8.43. The molecule has 0 bridgehead atoms. The molecule has 0 saturated carbocycles. The minimum absolute atomic E-state index is 0.0255. The maximum Gasteiger partial charge on any atom is 0.310 e. The lowest BCUT2D eigenvalue weighted by Gasteiger charge is -1.95. The number of aromatic hydroxyl groups is 1. The molecule has 0 saturated heterocycles. The van der Waals surface area contributed by atoms with Gasteiger partial charge >= 0.3 is 4.87 Å². The molecular formula is C7H9NO2S. The molecule has 0 radical (unpaired) electrons. The molecule has 0 aliphatic carbocycles. The van der Waals surface area contributed by atoms with Gasteiger partial charge in [0.05, 0.1) is 4.88 Å². The summed E-state index contributed by atoms with van der Waals surface area (Å²) >= 11 is 1.00. The van der Waals surface area contributed by atoms with E-state index >= 15 is 0 Å². The molecule has 4 heteroatoms. The van der Waals surface area contributed by atoms with Crippen LogP contribution in [0.1, 0.15) is 11.8 Å². The monoisotopic (exact) mass is 171 g/mol. The van der Waals surface area contributed by atoms with Crippen LogP contribution >= 0.6 is 11.3 Å². The number of nitrogens with zero attached hydrogens (tertiary/aromatic N) is 1. The Kier molecular flexibility index (Phi) is 2.14. The second-order valence-electron chi connectivity index (χ2n) is 2.00. The van der Waals surface area contributed by atoms with E-state index in [0.717, 1.165) is 11.3 Å². The number of aromatic nitrogens is 1. The van der Waals surface area contributed by atoms with Crippen molar-refractivity contribution >= 4 is 17.4 Å². The fraction of sp³-hybridized carbons (Fsp3) is 0.286. The standard InChI is InChI=1S/C7H9NO2S/c1-3-5-6(9)8(4-2)7(10)11-5/h3,9H,1,4H2,2H3. The Morgan fingerprint density at radius 3 is 2.73 bits per heavy atom. The number of thiazole rings is 1. The summed E-state index contributed by atoms with van der Waals surface area (Å²) in [6, 6.07) is 0. The first kappa shape index (κ1) is 8.07. The van der Waals surface area contributed by atoms with Crippen LogP contribution in [0.25, 0.3) is 6.08 Å². The summed E-state index contributed by atoms with van der Waals surface area (Å²) in [7, 11) is 0. The van der Waals surface area contributed by atoms with Crippen LogP contribution in [-0.2, 0) is 6.54 Å². The van der Waals surface area contributed by atoms with Gasteiger partial charge in [0.2, 0.25) is 5.88 Å². The summed E-state index contributed by atoms with van der Waals surface area (Å²) in [5, 5.41) is 9.31. The normalized spacial score (nSPS) is 9.91. The summed E-state index contributed by atoms with van der Waals surface area (Å²) in [5.74, 6) is 0.0255. The maximum atomic E-state index is 11.0. The lowest BCUT2D eigenvalue weighted by atomic mass is 10.5. The fourth-order valence-electron chi connectivity index (χ4n) is 0.826. The Morgan fingerprint density at radius 2 is 2.45 bits per heavy atom. The molecule has 0 fully saturated rings. The van der Waals surface area contributed by atoms with Gasteiger partial charge in [-0.2, -0.15) is 0 Å². The third kappa shape index (κ3) is 1.21. The zero-order valence-corrected chi connectivity index (χ0v) is 7.02. The Balaban J connectivity index is 3.36. The molecule has 0 atom stereocenters. The summed E-state index contributed by atoms with van der Waals surface area (Å²) in [6.45, 7) is 5.78. The van der Waals surface area contributed by atoms with Gasteiger partial charge in [-0.1, -0.05) is 17.9 Å². The highest BCUT2D eigenvalue weighted by molar-refractivity contribution is 7.10. The molecule has 11 heavy (non-hydrogen) atoms. The highest BCUT2D eigenvalue weighted by Gasteiger charge is 2.08. The molecule has 1 heterocycles. The Bertz CT molecular complexity index is 324. The van der Waals surface area contributed by atoms with Crippen molar-refractivity contribution in [2.24, 2.45) is 0 Å². The maximum absolute atomic E-state index is 11.0. The van der Waals surface area contributed by atoms with Crippen molar-refractivity contribution in [3.05, 3.63) is 21.1 Å².